The first-order valence-electron chi connectivity index (χ1n) is 13.1. The summed E-state index contributed by atoms with van der Waals surface area (Å²) in [7, 11) is -1.38. The maximum atomic E-state index is 12.8. The quantitative estimate of drug-likeness (QED) is 0.336. The van der Waals surface area contributed by atoms with Crippen LogP contribution in [-0.4, -0.2) is 45.7 Å². The highest BCUT2D eigenvalue weighted by Gasteiger charge is 2.50. The molecule has 0 aliphatic heterocycles. The van der Waals surface area contributed by atoms with E-state index in [2.05, 4.69) is 50.4 Å². The molecule has 0 bridgehead atoms. The van der Waals surface area contributed by atoms with Gasteiger partial charge in [0.25, 0.3) is 8.32 Å². The van der Waals surface area contributed by atoms with Crippen LogP contribution in [-0.2, 0) is 18.7 Å². The number of esters is 1. The third-order valence-electron chi connectivity index (χ3n) is 6.49. The Balaban J connectivity index is 2.45. The SMILES string of the molecule is COC(=O)[C@@H](C(C)C)[C@H](CCO[Si](c1ccccc1)(c1ccccc1)C(C)(C)C)NC(=O)OC(C)(C)C. The molecule has 2 aromatic carbocycles. The van der Waals surface area contributed by atoms with Gasteiger partial charge in [-0.15, -0.1) is 0 Å². The Morgan fingerprint density at radius 3 is 1.73 bits per heavy atom. The van der Waals surface area contributed by atoms with Gasteiger partial charge in [-0.2, -0.15) is 0 Å². The van der Waals surface area contributed by atoms with E-state index < -0.39 is 32.0 Å². The lowest BCUT2D eigenvalue weighted by Gasteiger charge is -2.43. The van der Waals surface area contributed by atoms with Gasteiger partial charge in [0.1, 0.15) is 5.60 Å². The van der Waals surface area contributed by atoms with Crippen molar-refractivity contribution in [2.75, 3.05) is 13.7 Å². The van der Waals surface area contributed by atoms with E-state index in [0.29, 0.717) is 13.0 Å². The van der Waals surface area contributed by atoms with Crippen LogP contribution in [0.4, 0.5) is 4.79 Å². The summed E-state index contributed by atoms with van der Waals surface area (Å²) in [5.41, 5.74) is -0.654. The van der Waals surface area contributed by atoms with Crippen molar-refractivity contribution >= 4 is 30.8 Å². The largest absolute Gasteiger partial charge is 0.469 e. The number of hydrogen-bond acceptors (Lipinski definition) is 5. The highest BCUT2D eigenvalue weighted by molar-refractivity contribution is 6.99. The van der Waals surface area contributed by atoms with E-state index >= 15 is 0 Å². The smallest absolute Gasteiger partial charge is 0.407 e. The van der Waals surface area contributed by atoms with Gasteiger partial charge in [-0.3, -0.25) is 4.79 Å². The second kappa shape index (κ2) is 12.7. The zero-order chi connectivity index (χ0) is 27.9. The van der Waals surface area contributed by atoms with Gasteiger partial charge in [0.2, 0.25) is 0 Å². The molecule has 0 saturated carbocycles. The van der Waals surface area contributed by atoms with Crippen LogP contribution in [0.1, 0.15) is 61.8 Å². The van der Waals surface area contributed by atoms with E-state index in [-0.39, 0.29) is 16.9 Å². The summed E-state index contributed by atoms with van der Waals surface area (Å²) >= 11 is 0. The molecular formula is C30H45NO5Si. The van der Waals surface area contributed by atoms with Crippen LogP contribution in [0.25, 0.3) is 0 Å². The molecule has 0 aliphatic carbocycles. The monoisotopic (exact) mass is 527 g/mol. The Hall–Kier alpha value is -2.64. The van der Waals surface area contributed by atoms with Gasteiger partial charge >= 0.3 is 12.1 Å². The van der Waals surface area contributed by atoms with Gasteiger partial charge < -0.3 is 19.2 Å². The number of rotatable bonds is 10. The fraction of sp³-hybridized carbons (Fsp3) is 0.533. The highest BCUT2D eigenvalue weighted by atomic mass is 28.4. The summed E-state index contributed by atoms with van der Waals surface area (Å²) in [5.74, 6) is -0.956. The van der Waals surface area contributed by atoms with Crippen LogP contribution in [0.2, 0.25) is 5.04 Å². The number of methoxy groups -OCH3 is 1. The summed E-state index contributed by atoms with van der Waals surface area (Å²) in [4.78, 5) is 25.5. The molecule has 0 fully saturated rings. The van der Waals surface area contributed by atoms with Gasteiger partial charge in [-0.05, 0) is 48.5 Å². The second-order valence-corrected chi connectivity index (χ2v) is 16.2. The summed E-state index contributed by atoms with van der Waals surface area (Å²) in [5, 5.41) is 5.13. The zero-order valence-electron chi connectivity index (χ0n) is 24.0. The van der Waals surface area contributed by atoms with Crippen LogP contribution in [0.5, 0.6) is 0 Å². The van der Waals surface area contributed by atoms with Crippen molar-refractivity contribution in [2.24, 2.45) is 11.8 Å². The van der Waals surface area contributed by atoms with Crippen LogP contribution in [0, 0.1) is 11.8 Å². The second-order valence-electron chi connectivity index (χ2n) is 11.8. The Morgan fingerprint density at radius 2 is 1.35 bits per heavy atom. The number of alkyl carbamates (subject to hydrolysis) is 1. The molecule has 6 nitrogen and oxygen atoms in total. The van der Waals surface area contributed by atoms with E-state index in [4.69, 9.17) is 13.9 Å². The number of carbonyl (C=O) groups is 2. The van der Waals surface area contributed by atoms with Crippen LogP contribution in [0.15, 0.2) is 60.7 Å². The number of nitrogens with one attached hydrogen (secondary N) is 1. The Bertz CT molecular complexity index is 957. The topological polar surface area (TPSA) is 73.9 Å². The number of hydrogen-bond donors (Lipinski definition) is 1. The average Bonchev–Trinajstić information content (AvgIpc) is 2.80. The van der Waals surface area contributed by atoms with Crippen LogP contribution < -0.4 is 15.7 Å². The molecule has 1 amide bonds. The zero-order valence-corrected chi connectivity index (χ0v) is 25.0. The van der Waals surface area contributed by atoms with Gasteiger partial charge in [-0.25, -0.2) is 4.79 Å². The van der Waals surface area contributed by atoms with Crippen LogP contribution >= 0.6 is 0 Å². The van der Waals surface area contributed by atoms with Gasteiger partial charge in [0.15, 0.2) is 0 Å². The minimum absolute atomic E-state index is 0.0553. The number of benzene rings is 2. The van der Waals surface area contributed by atoms with Crippen molar-refractivity contribution in [3.63, 3.8) is 0 Å². The molecule has 0 aliphatic rings. The number of amides is 1. The summed E-state index contributed by atoms with van der Waals surface area (Å²) in [6, 6.07) is 20.3. The lowest BCUT2D eigenvalue weighted by atomic mass is 9.87. The number of ether oxygens (including phenoxy) is 2. The molecule has 0 heterocycles. The standard InChI is InChI=1S/C30H45NO5Si/c1-22(2)26(27(32)34-9)25(31-28(33)36-29(3,4)5)20-21-35-37(30(6,7)8,23-16-12-10-13-17-23)24-18-14-11-15-19-24/h10-19,22,25-26H,20-21H2,1-9H3,(H,31,33)/t25-,26-/m0/s1. The van der Waals surface area contributed by atoms with Crippen molar-refractivity contribution in [1.29, 1.82) is 0 Å². The van der Waals surface area contributed by atoms with E-state index in [0.717, 1.165) is 0 Å². The molecule has 2 atom stereocenters. The van der Waals surface area contributed by atoms with E-state index in [1.807, 2.05) is 71.0 Å². The van der Waals surface area contributed by atoms with Crippen molar-refractivity contribution in [3.8, 4) is 0 Å². The van der Waals surface area contributed by atoms with Gasteiger partial charge in [-0.1, -0.05) is 95.3 Å². The number of carbonyl (C=O) groups excluding carboxylic acids is 2. The third-order valence-corrected chi connectivity index (χ3v) is 11.5. The minimum atomic E-state index is -2.75. The van der Waals surface area contributed by atoms with Crippen molar-refractivity contribution in [1.82, 2.24) is 5.32 Å². The predicted molar refractivity (Wildman–Crippen MR) is 152 cm³/mol. The van der Waals surface area contributed by atoms with E-state index in [1.54, 1.807) is 0 Å². The van der Waals surface area contributed by atoms with E-state index in [1.165, 1.54) is 17.5 Å². The lowest BCUT2D eigenvalue weighted by Crippen LogP contribution is -2.66. The van der Waals surface area contributed by atoms with Crippen LogP contribution in [0.3, 0.4) is 0 Å². The molecule has 0 radical (unpaired) electrons. The van der Waals surface area contributed by atoms with Gasteiger partial charge in [0.05, 0.1) is 13.0 Å². The molecule has 0 saturated heterocycles. The van der Waals surface area contributed by atoms with E-state index in [9.17, 15) is 9.59 Å². The maximum absolute atomic E-state index is 12.8. The molecule has 0 aromatic heterocycles. The average molecular weight is 528 g/mol. The van der Waals surface area contributed by atoms with Crippen molar-refractivity contribution < 1.29 is 23.5 Å². The molecule has 2 aromatic rings. The minimum Gasteiger partial charge on any atom is -0.469 e. The molecule has 1 N–H and O–H groups in total. The molecular weight excluding hydrogens is 482 g/mol. The first-order chi connectivity index (χ1) is 17.2. The molecule has 0 spiro atoms. The predicted octanol–water partition coefficient (Wildman–Crippen LogP) is 5.29. The highest BCUT2D eigenvalue weighted by Crippen LogP contribution is 2.37. The van der Waals surface area contributed by atoms with Crippen molar-refractivity contribution in [3.05, 3.63) is 60.7 Å². The molecule has 204 valence electrons. The summed E-state index contributed by atoms with van der Waals surface area (Å²) in [6.45, 7) is 16.4. The normalized spacial score (nSPS) is 14.1. The third kappa shape index (κ3) is 7.92. The molecule has 7 heteroatoms. The lowest BCUT2D eigenvalue weighted by molar-refractivity contribution is -0.148. The van der Waals surface area contributed by atoms with Gasteiger partial charge in [0, 0.05) is 12.6 Å². The first kappa shape index (κ1) is 30.6. The fourth-order valence-corrected chi connectivity index (χ4v) is 9.52. The molecule has 2 rings (SSSR count). The Kier molecular flexibility index (Phi) is 10.5. The molecule has 0 unspecified atom stereocenters. The first-order valence-corrected chi connectivity index (χ1v) is 15.0. The Labute approximate surface area is 224 Å². The summed E-state index contributed by atoms with van der Waals surface area (Å²) in [6.07, 6.45) is -0.126. The fourth-order valence-electron chi connectivity index (χ4n) is 4.94. The molecule has 37 heavy (non-hydrogen) atoms. The summed E-state index contributed by atoms with van der Waals surface area (Å²) < 4.78 is 17.6. The maximum Gasteiger partial charge on any atom is 0.407 e. The van der Waals surface area contributed by atoms with Crippen molar-refractivity contribution in [2.45, 2.75) is 78.5 Å². The Morgan fingerprint density at radius 1 is 0.865 bits per heavy atom.